The Morgan fingerprint density at radius 1 is 0.815 bits per heavy atom. The predicted octanol–water partition coefficient (Wildman–Crippen LogP) is 1.17. The summed E-state index contributed by atoms with van der Waals surface area (Å²) in [6.07, 6.45) is 0. The molecule has 0 atom stereocenters. The molecule has 142 valence electrons. The highest BCUT2D eigenvalue weighted by molar-refractivity contribution is 7.80. The number of thiocarbonyl (C=S) groups is 1. The summed E-state index contributed by atoms with van der Waals surface area (Å²) in [6.45, 7) is -0.437. The number of hydrogen-bond donors (Lipinski definition) is 3. The molecule has 0 spiro atoms. The quantitative estimate of drug-likeness (QED) is 0.483. The van der Waals surface area contributed by atoms with Crippen molar-refractivity contribution >= 4 is 29.1 Å². The number of hydrogen-bond acceptors (Lipinski definition) is 6. The largest absolute Gasteiger partial charge is 0.497 e. The Labute approximate surface area is 161 Å². The van der Waals surface area contributed by atoms with E-state index in [-0.39, 0.29) is 18.3 Å². The summed E-state index contributed by atoms with van der Waals surface area (Å²) in [5.74, 6) is 0.837. The van der Waals surface area contributed by atoms with E-state index in [9.17, 15) is 9.59 Å². The van der Waals surface area contributed by atoms with Crippen LogP contribution in [0.3, 0.4) is 0 Å². The molecule has 8 nitrogen and oxygen atoms in total. The normalized spacial score (nSPS) is 9.67. The lowest BCUT2D eigenvalue weighted by Gasteiger charge is -2.12. The van der Waals surface area contributed by atoms with E-state index in [2.05, 4.69) is 16.2 Å². The highest BCUT2D eigenvalue weighted by Gasteiger charge is 2.07. The first-order valence-electron chi connectivity index (χ1n) is 7.90. The van der Waals surface area contributed by atoms with E-state index < -0.39 is 11.8 Å². The zero-order chi connectivity index (χ0) is 19.5. The van der Waals surface area contributed by atoms with Crippen LogP contribution in [0.2, 0.25) is 0 Å². The number of amides is 2. The van der Waals surface area contributed by atoms with Gasteiger partial charge in [0.1, 0.15) is 17.2 Å². The van der Waals surface area contributed by atoms with Gasteiger partial charge in [-0.15, -0.1) is 0 Å². The number of benzene rings is 2. The molecule has 0 radical (unpaired) electrons. The lowest BCUT2D eigenvalue weighted by atomic mass is 10.3. The zero-order valence-corrected chi connectivity index (χ0v) is 15.4. The average molecular weight is 389 g/mol. The van der Waals surface area contributed by atoms with Gasteiger partial charge in [-0.2, -0.15) is 0 Å². The van der Waals surface area contributed by atoms with Crippen molar-refractivity contribution in [3.8, 4) is 17.2 Å². The molecule has 0 fully saturated rings. The standard InChI is InChI=1S/C18H19N3O5S/c1-24-13-7-9-15(10-8-13)26-12-17(23)20-21-18(27)19-16(22)11-25-14-5-3-2-4-6-14/h2-10H,11-12H2,1H3,(H,20,23)(H2,19,21,22,27). The zero-order valence-electron chi connectivity index (χ0n) is 14.6. The highest BCUT2D eigenvalue weighted by atomic mass is 32.1. The number of carbonyl (C=O) groups is 2. The van der Waals surface area contributed by atoms with Crippen molar-refractivity contribution in [3.05, 3.63) is 54.6 Å². The van der Waals surface area contributed by atoms with Crippen molar-refractivity contribution in [2.75, 3.05) is 20.3 Å². The molecule has 0 aliphatic heterocycles. The third-order valence-electron chi connectivity index (χ3n) is 3.11. The molecule has 0 heterocycles. The molecule has 27 heavy (non-hydrogen) atoms. The van der Waals surface area contributed by atoms with E-state index in [1.807, 2.05) is 6.07 Å². The SMILES string of the molecule is COc1ccc(OCC(=O)NNC(=S)NC(=O)COc2ccccc2)cc1. The van der Waals surface area contributed by atoms with E-state index in [0.717, 1.165) is 0 Å². The Bertz CT molecular complexity index is 768. The first kappa shape index (κ1) is 20.0. The first-order chi connectivity index (χ1) is 13.1. The monoisotopic (exact) mass is 389 g/mol. The Kier molecular flexibility index (Phi) is 7.86. The van der Waals surface area contributed by atoms with Crippen LogP contribution < -0.4 is 30.4 Å². The molecule has 3 N–H and O–H groups in total. The van der Waals surface area contributed by atoms with Crippen molar-refractivity contribution < 1.29 is 23.8 Å². The topological polar surface area (TPSA) is 97.9 Å². The van der Waals surface area contributed by atoms with Crippen LogP contribution in [0.25, 0.3) is 0 Å². The van der Waals surface area contributed by atoms with Crippen molar-refractivity contribution in [2.24, 2.45) is 0 Å². The number of methoxy groups -OCH3 is 1. The lowest BCUT2D eigenvalue weighted by molar-refractivity contribution is -0.124. The lowest BCUT2D eigenvalue weighted by Crippen LogP contribution is -2.50. The van der Waals surface area contributed by atoms with Gasteiger partial charge >= 0.3 is 0 Å². The molecule has 0 bridgehead atoms. The molecule has 0 saturated heterocycles. The number of carbonyl (C=O) groups excluding carboxylic acids is 2. The summed E-state index contributed by atoms with van der Waals surface area (Å²) in [5, 5.41) is 2.32. The van der Waals surface area contributed by atoms with Crippen LogP contribution in [0.5, 0.6) is 17.2 Å². The minimum atomic E-state index is -0.469. The number of ether oxygens (including phenoxy) is 3. The van der Waals surface area contributed by atoms with Crippen LogP contribution in [0.15, 0.2) is 54.6 Å². The van der Waals surface area contributed by atoms with Gasteiger partial charge in [0.15, 0.2) is 18.3 Å². The molecular weight excluding hydrogens is 370 g/mol. The van der Waals surface area contributed by atoms with Gasteiger partial charge in [0, 0.05) is 0 Å². The molecule has 2 aromatic carbocycles. The smallest absolute Gasteiger partial charge is 0.276 e. The molecule has 0 saturated carbocycles. The minimum absolute atomic E-state index is 0.0607. The highest BCUT2D eigenvalue weighted by Crippen LogP contribution is 2.16. The Hall–Kier alpha value is -3.33. The van der Waals surface area contributed by atoms with E-state index in [1.165, 1.54) is 0 Å². The maximum absolute atomic E-state index is 11.7. The number of rotatable bonds is 7. The summed E-state index contributed by atoms with van der Waals surface area (Å²) in [5.41, 5.74) is 4.73. The second-order valence-corrected chi connectivity index (χ2v) is 5.52. The third kappa shape index (κ3) is 7.61. The van der Waals surface area contributed by atoms with Crippen molar-refractivity contribution in [3.63, 3.8) is 0 Å². The first-order valence-corrected chi connectivity index (χ1v) is 8.31. The van der Waals surface area contributed by atoms with Crippen molar-refractivity contribution in [1.82, 2.24) is 16.2 Å². The summed E-state index contributed by atoms with van der Waals surface area (Å²) < 4.78 is 15.6. The van der Waals surface area contributed by atoms with Crippen LogP contribution in [-0.4, -0.2) is 37.3 Å². The van der Waals surface area contributed by atoms with Crippen LogP contribution in [0.1, 0.15) is 0 Å². The molecule has 0 aromatic heterocycles. The van der Waals surface area contributed by atoms with Crippen LogP contribution in [0.4, 0.5) is 0 Å². The molecule has 2 aromatic rings. The van der Waals surface area contributed by atoms with E-state index in [1.54, 1.807) is 55.6 Å². The maximum Gasteiger partial charge on any atom is 0.276 e. The number of para-hydroxylation sites is 1. The molecule has 2 rings (SSSR count). The van der Waals surface area contributed by atoms with Crippen molar-refractivity contribution in [1.29, 1.82) is 0 Å². The van der Waals surface area contributed by atoms with Gasteiger partial charge in [0.25, 0.3) is 11.8 Å². The Morgan fingerprint density at radius 2 is 1.37 bits per heavy atom. The van der Waals surface area contributed by atoms with E-state index in [4.69, 9.17) is 26.4 Å². The van der Waals surface area contributed by atoms with Gasteiger partial charge in [0.05, 0.1) is 7.11 Å². The molecular formula is C18H19N3O5S. The fourth-order valence-electron chi connectivity index (χ4n) is 1.84. The molecule has 0 aliphatic rings. The van der Waals surface area contributed by atoms with Crippen LogP contribution >= 0.6 is 12.2 Å². The molecule has 9 heteroatoms. The Balaban J connectivity index is 1.62. The molecule has 0 aliphatic carbocycles. The number of hydrazine groups is 1. The third-order valence-corrected chi connectivity index (χ3v) is 3.32. The predicted molar refractivity (Wildman–Crippen MR) is 102 cm³/mol. The maximum atomic E-state index is 11.7. The summed E-state index contributed by atoms with van der Waals surface area (Å²) in [6, 6.07) is 15.7. The summed E-state index contributed by atoms with van der Waals surface area (Å²) in [7, 11) is 1.56. The van der Waals surface area contributed by atoms with E-state index >= 15 is 0 Å². The fraction of sp³-hybridized carbons (Fsp3) is 0.167. The molecule has 0 unspecified atom stereocenters. The van der Waals surface area contributed by atoms with Gasteiger partial charge in [0.2, 0.25) is 0 Å². The van der Waals surface area contributed by atoms with Gasteiger partial charge in [-0.1, -0.05) is 18.2 Å². The number of nitrogens with one attached hydrogen (secondary N) is 3. The van der Waals surface area contributed by atoms with Gasteiger partial charge in [-0.05, 0) is 48.6 Å². The summed E-state index contributed by atoms with van der Waals surface area (Å²) >= 11 is 4.92. The van der Waals surface area contributed by atoms with Gasteiger partial charge < -0.3 is 14.2 Å². The minimum Gasteiger partial charge on any atom is -0.497 e. The van der Waals surface area contributed by atoms with Crippen molar-refractivity contribution in [2.45, 2.75) is 0 Å². The second kappa shape index (κ2) is 10.6. The van der Waals surface area contributed by atoms with Gasteiger partial charge in [-0.3, -0.25) is 25.8 Å². The van der Waals surface area contributed by atoms with Crippen LogP contribution in [-0.2, 0) is 9.59 Å². The van der Waals surface area contributed by atoms with E-state index in [0.29, 0.717) is 17.2 Å². The fourth-order valence-corrected chi connectivity index (χ4v) is 2.01. The Morgan fingerprint density at radius 3 is 2.00 bits per heavy atom. The second-order valence-electron chi connectivity index (χ2n) is 5.12. The molecule has 2 amide bonds. The summed E-state index contributed by atoms with van der Waals surface area (Å²) in [4.78, 5) is 23.4. The average Bonchev–Trinajstić information content (AvgIpc) is 2.70. The van der Waals surface area contributed by atoms with Gasteiger partial charge in [-0.25, -0.2) is 0 Å². The van der Waals surface area contributed by atoms with Crippen LogP contribution in [0, 0.1) is 0 Å².